The highest BCUT2D eigenvalue weighted by Crippen LogP contribution is 2.32. The Labute approximate surface area is 158 Å². The second kappa shape index (κ2) is 7.42. The molecule has 0 bridgehead atoms. The van der Waals surface area contributed by atoms with Gasteiger partial charge in [0.05, 0.1) is 0 Å². The predicted molar refractivity (Wildman–Crippen MR) is 110 cm³/mol. The lowest BCUT2D eigenvalue weighted by Gasteiger charge is -2.13. The van der Waals surface area contributed by atoms with Gasteiger partial charge in [0, 0.05) is 29.9 Å². The molecule has 0 fully saturated rings. The number of amides is 1. The van der Waals surface area contributed by atoms with Gasteiger partial charge in [0.15, 0.2) is 0 Å². The minimum absolute atomic E-state index is 0.0735. The molecular formula is C24H20N2O. The molecule has 4 aromatic rings. The molecule has 0 atom stereocenters. The molecule has 0 aliphatic carbocycles. The first-order valence-corrected chi connectivity index (χ1v) is 8.99. The van der Waals surface area contributed by atoms with Crippen molar-refractivity contribution in [3.05, 3.63) is 102 Å². The Morgan fingerprint density at radius 2 is 1.63 bits per heavy atom. The number of carbonyl (C=O) groups is 1. The molecule has 3 nitrogen and oxygen atoms in total. The maximum absolute atomic E-state index is 12.4. The first-order chi connectivity index (χ1) is 13.2. The van der Waals surface area contributed by atoms with Crippen LogP contribution in [0.4, 0.5) is 0 Å². The summed E-state index contributed by atoms with van der Waals surface area (Å²) in [5, 5.41) is 5.22. The second-order valence-electron chi connectivity index (χ2n) is 6.56. The smallest absolute Gasteiger partial charge is 0.251 e. The maximum atomic E-state index is 12.4. The first kappa shape index (κ1) is 17.0. The van der Waals surface area contributed by atoms with Gasteiger partial charge in [-0.3, -0.25) is 9.78 Å². The highest BCUT2D eigenvalue weighted by Gasteiger charge is 2.11. The molecule has 0 spiro atoms. The molecule has 4 rings (SSSR count). The van der Waals surface area contributed by atoms with Crippen LogP contribution >= 0.6 is 0 Å². The molecule has 27 heavy (non-hydrogen) atoms. The van der Waals surface area contributed by atoms with E-state index in [1.807, 2.05) is 48.8 Å². The third-order valence-electron chi connectivity index (χ3n) is 4.82. The number of nitrogens with one attached hydrogen (secondary N) is 1. The first-order valence-electron chi connectivity index (χ1n) is 8.99. The standard InChI is InChI=1S/C24H20N2O/c1-17-7-5-6-10-20(17)21-12-11-19(23-16-25-14-13-22(21)23)15-26-24(27)18-8-3-2-4-9-18/h2-14,16H,15H2,1H3,(H,26,27). The zero-order valence-electron chi connectivity index (χ0n) is 15.1. The predicted octanol–water partition coefficient (Wildman–Crippen LogP) is 5.14. The van der Waals surface area contributed by atoms with Crippen molar-refractivity contribution in [3.63, 3.8) is 0 Å². The zero-order chi connectivity index (χ0) is 18.6. The third kappa shape index (κ3) is 3.44. The summed E-state index contributed by atoms with van der Waals surface area (Å²) in [7, 11) is 0. The van der Waals surface area contributed by atoms with Crippen molar-refractivity contribution in [1.29, 1.82) is 0 Å². The van der Waals surface area contributed by atoms with Crippen molar-refractivity contribution < 1.29 is 4.79 Å². The van der Waals surface area contributed by atoms with Crippen LogP contribution < -0.4 is 5.32 Å². The zero-order valence-corrected chi connectivity index (χ0v) is 15.1. The Bertz CT molecular complexity index is 1100. The van der Waals surface area contributed by atoms with E-state index in [-0.39, 0.29) is 5.91 Å². The summed E-state index contributed by atoms with van der Waals surface area (Å²) in [5.41, 5.74) is 5.36. The van der Waals surface area contributed by atoms with E-state index in [1.165, 1.54) is 16.7 Å². The Balaban J connectivity index is 1.68. The van der Waals surface area contributed by atoms with Crippen molar-refractivity contribution in [2.24, 2.45) is 0 Å². The van der Waals surface area contributed by atoms with Crippen LogP contribution in [0.2, 0.25) is 0 Å². The topological polar surface area (TPSA) is 42.0 Å². The number of hydrogen-bond acceptors (Lipinski definition) is 2. The van der Waals surface area contributed by atoms with Gasteiger partial charge < -0.3 is 5.32 Å². The van der Waals surface area contributed by atoms with E-state index in [0.29, 0.717) is 12.1 Å². The number of nitrogens with zero attached hydrogens (tertiary/aromatic N) is 1. The van der Waals surface area contributed by atoms with Crippen LogP contribution in [0.25, 0.3) is 21.9 Å². The Morgan fingerprint density at radius 3 is 2.44 bits per heavy atom. The maximum Gasteiger partial charge on any atom is 0.251 e. The average molecular weight is 352 g/mol. The fourth-order valence-corrected chi connectivity index (χ4v) is 3.38. The van der Waals surface area contributed by atoms with Gasteiger partial charge in [-0.25, -0.2) is 0 Å². The molecule has 3 heteroatoms. The second-order valence-corrected chi connectivity index (χ2v) is 6.56. The van der Waals surface area contributed by atoms with E-state index < -0.39 is 0 Å². The van der Waals surface area contributed by atoms with E-state index in [9.17, 15) is 4.79 Å². The summed E-state index contributed by atoms with van der Waals surface area (Å²) in [4.78, 5) is 16.7. The summed E-state index contributed by atoms with van der Waals surface area (Å²) in [6.45, 7) is 2.58. The van der Waals surface area contributed by atoms with Gasteiger partial charge in [-0.1, -0.05) is 54.6 Å². The molecule has 3 aromatic carbocycles. The summed E-state index contributed by atoms with van der Waals surface area (Å²) in [6.07, 6.45) is 3.69. The van der Waals surface area contributed by atoms with Crippen LogP contribution in [0.1, 0.15) is 21.5 Å². The van der Waals surface area contributed by atoms with Crippen LogP contribution in [0, 0.1) is 6.92 Å². The summed E-state index contributed by atoms with van der Waals surface area (Å²) in [5.74, 6) is -0.0735. The van der Waals surface area contributed by atoms with Crippen LogP contribution in [0.15, 0.2) is 85.2 Å². The molecule has 0 radical (unpaired) electrons. The van der Waals surface area contributed by atoms with Gasteiger partial charge in [-0.05, 0) is 52.8 Å². The number of rotatable bonds is 4. The number of aryl methyl sites for hydroxylation is 1. The lowest BCUT2D eigenvalue weighted by atomic mass is 9.94. The lowest BCUT2D eigenvalue weighted by molar-refractivity contribution is 0.0951. The van der Waals surface area contributed by atoms with Crippen molar-refractivity contribution >= 4 is 16.7 Å². The van der Waals surface area contributed by atoms with E-state index in [4.69, 9.17) is 0 Å². The van der Waals surface area contributed by atoms with E-state index in [0.717, 1.165) is 16.3 Å². The lowest BCUT2D eigenvalue weighted by Crippen LogP contribution is -2.22. The quantitative estimate of drug-likeness (QED) is 0.552. The summed E-state index contributed by atoms with van der Waals surface area (Å²) < 4.78 is 0. The third-order valence-corrected chi connectivity index (χ3v) is 4.82. The molecule has 1 N–H and O–H groups in total. The molecule has 1 aromatic heterocycles. The van der Waals surface area contributed by atoms with Crippen molar-refractivity contribution in [2.75, 3.05) is 0 Å². The molecule has 0 aliphatic rings. The number of benzene rings is 3. The molecule has 1 heterocycles. The fraction of sp³-hybridized carbons (Fsp3) is 0.0833. The van der Waals surface area contributed by atoms with Gasteiger partial charge in [-0.15, -0.1) is 0 Å². The fourth-order valence-electron chi connectivity index (χ4n) is 3.38. The van der Waals surface area contributed by atoms with E-state index in [1.54, 1.807) is 0 Å². The highest BCUT2D eigenvalue weighted by atomic mass is 16.1. The van der Waals surface area contributed by atoms with Crippen molar-refractivity contribution in [1.82, 2.24) is 10.3 Å². The molecule has 132 valence electrons. The number of carbonyl (C=O) groups excluding carboxylic acids is 1. The van der Waals surface area contributed by atoms with Crippen molar-refractivity contribution in [3.8, 4) is 11.1 Å². The molecule has 0 aliphatic heterocycles. The minimum Gasteiger partial charge on any atom is -0.348 e. The normalized spacial score (nSPS) is 10.7. The number of hydrogen-bond donors (Lipinski definition) is 1. The number of aromatic nitrogens is 1. The Morgan fingerprint density at radius 1 is 0.852 bits per heavy atom. The van der Waals surface area contributed by atoms with Gasteiger partial charge >= 0.3 is 0 Å². The Kier molecular flexibility index (Phi) is 4.67. The van der Waals surface area contributed by atoms with Crippen molar-refractivity contribution in [2.45, 2.75) is 13.5 Å². The number of pyridine rings is 1. The van der Waals surface area contributed by atoms with Gasteiger partial charge in [-0.2, -0.15) is 0 Å². The van der Waals surface area contributed by atoms with Crippen LogP contribution in [0.5, 0.6) is 0 Å². The van der Waals surface area contributed by atoms with Crippen LogP contribution in [-0.2, 0) is 6.54 Å². The van der Waals surface area contributed by atoms with E-state index in [2.05, 4.69) is 53.6 Å². The molecule has 0 saturated carbocycles. The van der Waals surface area contributed by atoms with Gasteiger partial charge in [0.1, 0.15) is 0 Å². The monoisotopic (exact) mass is 352 g/mol. The summed E-state index contributed by atoms with van der Waals surface area (Å²) in [6, 6.07) is 23.9. The molecule has 0 unspecified atom stereocenters. The minimum atomic E-state index is -0.0735. The average Bonchev–Trinajstić information content (AvgIpc) is 2.73. The Hall–Kier alpha value is -3.46. The summed E-state index contributed by atoms with van der Waals surface area (Å²) >= 11 is 0. The van der Waals surface area contributed by atoms with Crippen LogP contribution in [0.3, 0.4) is 0 Å². The largest absolute Gasteiger partial charge is 0.348 e. The molecule has 0 saturated heterocycles. The number of fused-ring (bicyclic) bond motifs is 1. The molecular weight excluding hydrogens is 332 g/mol. The van der Waals surface area contributed by atoms with Gasteiger partial charge in [0.2, 0.25) is 0 Å². The van der Waals surface area contributed by atoms with Crippen LogP contribution in [-0.4, -0.2) is 10.9 Å². The molecule has 1 amide bonds. The SMILES string of the molecule is Cc1ccccc1-c1ccc(CNC(=O)c2ccccc2)c2cnccc12. The van der Waals surface area contributed by atoms with E-state index >= 15 is 0 Å². The van der Waals surface area contributed by atoms with Gasteiger partial charge in [0.25, 0.3) is 5.91 Å². The highest BCUT2D eigenvalue weighted by molar-refractivity contribution is 5.99.